The van der Waals surface area contributed by atoms with Crippen LogP contribution >= 0.6 is 0 Å². The molecule has 0 bridgehead atoms. The number of alkyl halides is 3. The first-order valence-electron chi connectivity index (χ1n) is 4.24. The first-order valence-corrected chi connectivity index (χ1v) is 5.68. The third-order valence-corrected chi connectivity index (χ3v) is 3.04. The molecule has 1 rings (SSSR count). The minimum atomic E-state index is -5.86. The van der Waals surface area contributed by atoms with Crippen molar-refractivity contribution in [2.45, 2.75) is 11.6 Å². The maximum Gasteiger partial charge on any atom is 0.518 e. The molecule has 1 saturated heterocycles. The molecule has 0 aromatic rings. The summed E-state index contributed by atoms with van der Waals surface area (Å²) in [6, 6.07) is 0. The maximum absolute atomic E-state index is 12.0. The number of hydrazine groups is 1. The van der Waals surface area contributed by atoms with Crippen molar-refractivity contribution < 1.29 is 35.9 Å². The number of hydrogen-bond donors (Lipinski definition) is 1. The summed E-state index contributed by atoms with van der Waals surface area (Å²) < 4.78 is 65.7. The van der Waals surface area contributed by atoms with Gasteiger partial charge in [0.1, 0.15) is 12.7 Å². The average Bonchev–Trinajstić information content (AvgIpc) is 2.98. The summed E-state index contributed by atoms with van der Waals surface area (Å²) in [6.07, 6.45) is -0.201. The lowest BCUT2D eigenvalue weighted by atomic mass is 10.5. The van der Waals surface area contributed by atoms with Crippen LogP contribution in [-0.2, 0) is 24.3 Å². The Morgan fingerprint density at radius 3 is 2.47 bits per heavy atom. The van der Waals surface area contributed by atoms with Crippen LogP contribution in [0.2, 0.25) is 0 Å². The molecule has 1 atom stereocenters. The summed E-state index contributed by atoms with van der Waals surface area (Å²) in [6.45, 7) is -0.446. The Balaban J connectivity index is 2.50. The van der Waals surface area contributed by atoms with Gasteiger partial charge < -0.3 is 9.47 Å². The van der Waals surface area contributed by atoms with Gasteiger partial charge in [0.2, 0.25) is 0 Å². The molecule has 100 valence electrons. The topological polar surface area (TPSA) is 102 Å². The number of carbonyl (C=O) groups is 1. The number of rotatable bonds is 5. The fourth-order valence-electron chi connectivity index (χ4n) is 0.751. The average molecular weight is 278 g/mol. The Kier molecular flexibility index (Phi) is 3.96. The number of sulfonamides is 1. The maximum atomic E-state index is 12.0. The summed E-state index contributed by atoms with van der Waals surface area (Å²) >= 11 is 0. The SMILES string of the molecule is NN(C(=O)COCC1CO1)S(=O)(=O)C(F)(F)F. The van der Waals surface area contributed by atoms with E-state index in [0.717, 1.165) is 0 Å². The number of ether oxygens (including phenoxy) is 2. The molecular weight excluding hydrogens is 269 g/mol. The van der Waals surface area contributed by atoms with Gasteiger partial charge in [-0.25, -0.2) is 5.84 Å². The van der Waals surface area contributed by atoms with Crippen LogP contribution in [0.3, 0.4) is 0 Å². The molecule has 17 heavy (non-hydrogen) atoms. The molecule has 11 heteroatoms. The third-order valence-electron chi connectivity index (χ3n) is 1.73. The number of hydrogen-bond acceptors (Lipinski definition) is 6. The van der Waals surface area contributed by atoms with E-state index in [2.05, 4.69) is 10.6 Å². The van der Waals surface area contributed by atoms with Crippen molar-refractivity contribution in [2.75, 3.05) is 19.8 Å². The number of nitrogens with zero attached hydrogens (tertiary/aromatic N) is 1. The van der Waals surface area contributed by atoms with Gasteiger partial charge in [-0.3, -0.25) is 4.79 Å². The van der Waals surface area contributed by atoms with E-state index in [1.807, 2.05) is 0 Å². The Bertz CT molecular complexity index is 391. The lowest BCUT2D eigenvalue weighted by molar-refractivity contribution is -0.133. The van der Waals surface area contributed by atoms with Crippen LogP contribution in [0.5, 0.6) is 0 Å². The summed E-state index contributed by atoms with van der Waals surface area (Å²) in [4.78, 5) is 11.0. The molecule has 0 radical (unpaired) electrons. The molecule has 1 amide bonds. The molecule has 0 aliphatic carbocycles. The van der Waals surface area contributed by atoms with E-state index < -0.39 is 32.5 Å². The lowest BCUT2D eigenvalue weighted by Gasteiger charge is -2.17. The summed E-state index contributed by atoms with van der Waals surface area (Å²) in [7, 11) is -5.86. The van der Waals surface area contributed by atoms with Gasteiger partial charge in [-0.15, -0.1) is 0 Å². The second kappa shape index (κ2) is 4.76. The third kappa shape index (κ3) is 3.52. The highest BCUT2D eigenvalue weighted by Crippen LogP contribution is 2.25. The highest BCUT2D eigenvalue weighted by molar-refractivity contribution is 7.90. The minimum Gasteiger partial charge on any atom is -0.371 e. The predicted octanol–water partition coefficient (Wildman–Crippen LogP) is -1.05. The van der Waals surface area contributed by atoms with Crippen molar-refractivity contribution in [2.24, 2.45) is 5.84 Å². The Morgan fingerprint density at radius 1 is 1.53 bits per heavy atom. The Morgan fingerprint density at radius 2 is 2.06 bits per heavy atom. The van der Waals surface area contributed by atoms with Crippen molar-refractivity contribution in [3.8, 4) is 0 Å². The molecule has 1 fully saturated rings. The molecule has 7 nitrogen and oxygen atoms in total. The van der Waals surface area contributed by atoms with Crippen LogP contribution in [0, 0.1) is 0 Å². The summed E-state index contributed by atoms with van der Waals surface area (Å²) in [5, 5.41) is 0. The van der Waals surface area contributed by atoms with Gasteiger partial charge >= 0.3 is 15.5 Å². The van der Waals surface area contributed by atoms with Gasteiger partial charge in [-0.2, -0.15) is 26.0 Å². The highest BCUT2D eigenvalue weighted by Gasteiger charge is 2.51. The Hall–Kier alpha value is -0.910. The van der Waals surface area contributed by atoms with Crippen LogP contribution in [0.1, 0.15) is 0 Å². The molecule has 1 aliphatic rings. The predicted molar refractivity (Wildman–Crippen MR) is 46.6 cm³/mol. The van der Waals surface area contributed by atoms with Gasteiger partial charge in [0.15, 0.2) is 0 Å². The van der Waals surface area contributed by atoms with Crippen LogP contribution < -0.4 is 5.84 Å². The van der Waals surface area contributed by atoms with E-state index in [9.17, 15) is 26.4 Å². The van der Waals surface area contributed by atoms with Crippen LogP contribution in [0.4, 0.5) is 13.2 Å². The van der Waals surface area contributed by atoms with E-state index in [0.29, 0.717) is 6.61 Å². The number of amides is 1. The van der Waals surface area contributed by atoms with Crippen molar-refractivity contribution in [3.63, 3.8) is 0 Å². The number of halogens is 3. The molecular formula is C6H9F3N2O5S. The van der Waals surface area contributed by atoms with Crippen LogP contribution in [0.25, 0.3) is 0 Å². The zero-order valence-electron chi connectivity index (χ0n) is 8.31. The second-order valence-corrected chi connectivity index (χ2v) is 4.92. The normalized spacial score (nSPS) is 20.1. The van der Waals surface area contributed by atoms with E-state index >= 15 is 0 Å². The largest absolute Gasteiger partial charge is 0.518 e. The van der Waals surface area contributed by atoms with Crippen molar-refractivity contribution >= 4 is 15.9 Å². The molecule has 0 aromatic heterocycles. The molecule has 1 aliphatic heterocycles. The second-order valence-electron chi connectivity index (χ2n) is 3.11. The number of nitrogens with two attached hydrogens (primary N) is 1. The van der Waals surface area contributed by atoms with E-state index in [4.69, 9.17) is 4.74 Å². The summed E-state index contributed by atoms with van der Waals surface area (Å²) in [5.41, 5.74) is -5.63. The zero-order valence-corrected chi connectivity index (χ0v) is 9.12. The smallest absolute Gasteiger partial charge is 0.371 e. The van der Waals surface area contributed by atoms with Gasteiger partial charge in [-0.05, 0) is 0 Å². The zero-order chi connectivity index (χ0) is 13.3. The van der Waals surface area contributed by atoms with E-state index in [1.165, 1.54) is 0 Å². The highest BCUT2D eigenvalue weighted by atomic mass is 32.2. The van der Waals surface area contributed by atoms with Gasteiger partial charge in [0.25, 0.3) is 5.91 Å². The first-order chi connectivity index (χ1) is 7.66. The van der Waals surface area contributed by atoms with Crippen LogP contribution in [-0.4, -0.2) is 50.2 Å². The fraction of sp³-hybridized carbons (Fsp3) is 0.833. The fourth-order valence-corrected chi connectivity index (χ4v) is 1.29. The van der Waals surface area contributed by atoms with E-state index in [1.54, 1.807) is 0 Å². The standard InChI is InChI=1S/C6H9F3N2O5S/c7-6(8,9)17(13,14)11(10)5(12)3-15-1-4-2-16-4/h4H,1-3,10H2. The molecule has 0 spiro atoms. The van der Waals surface area contributed by atoms with Gasteiger partial charge in [0, 0.05) is 0 Å². The van der Waals surface area contributed by atoms with Crippen molar-refractivity contribution in [1.82, 2.24) is 4.41 Å². The first kappa shape index (κ1) is 14.2. The lowest BCUT2D eigenvalue weighted by Crippen LogP contribution is -2.50. The monoisotopic (exact) mass is 278 g/mol. The van der Waals surface area contributed by atoms with Crippen molar-refractivity contribution in [3.05, 3.63) is 0 Å². The Labute approximate surface area is 94.3 Å². The molecule has 1 heterocycles. The van der Waals surface area contributed by atoms with E-state index in [-0.39, 0.29) is 12.7 Å². The van der Waals surface area contributed by atoms with Crippen molar-refractivity contribution in [1.29, 1.82) is 0 Å². The van der Waals surface area contributed by atoms with Crippen LogP contribution in [0.15, 0.2) is 0 Å². The molecule has 1 unspecified atom stereocenters. The molecule has 0 aromatic carbocycles. The van der Waals surface area contributed by atoms with Gasteiger partial charge in [0.05, 0.1) is 13.2 Å². The molecule has 2 N–H and O–H groups in total. The number of carbonyl (C=O) groups excluding carboxylic acids is 1. The summed E-state index contributed by atoms with van der Waals surface area (Å²) in [5.74, 6) is 3.07. The number of epoxide rings is 1. The quantitative estimate of drug-likeness (QED) is 0.298. The molecule has 0 saturated carbocycles. The van der Waals surface area contributed by atoms with Gasteiger partial charge in [-0.1, -0.05) is 0 Å². The minimum absolute atomic E-state index is 0.00829.